The number of nitro groups is 1. The van der Waals surface area contributed by atoms with Crippen LogP contribution in [0.4, 0.5) is 5.69 Å². The zero-order chi connectivity index (χ0) is 16.2. The first kappa shape index (κ1) is 16.4. The van der Waals surface area contributed by atoms with Crippen molar-refractivity contribution >= 4 is 5.69 Å². The van der Waals surface area contributed by atoms with Crippen molar-refractivity contribution in [2.24, 2.45) is 5.92 Å². The Kier molecular flexibility index (Phi) is 5.28. The van der Waals surface area contributed by atoms with Gasteiger partial charge in [0.1, 0.15) is 32.7 Å². The molecule has 3 rings (SSSR count). The molecule has 2 aliphatic rings. The predicted molar refractivity (Wildman–Crippen MR) is 89.6 cm³/mol. The molecule has 2 atom stereocenters. The van der Waals surface area contributed by atoms with Crippen molar-refractivity contribution in [3.63, 3.8) is 0 Å². The van der Waals surface area contributed by atoms with Crippen LogP contribution >= 0.6 is 0 Å². The van der Waals surface area contributed by atoms with E-state index in [9.17, 15) is 10.1 Å². The van der Waals surface area contributed by atoms with Crippen LogP contribution < -0.4 is 9.80 Å². The van der Waals surface area contributed by atoms with Crippen LogP contribution in [0.1, 0.15) is 38.2 Å². The molecule has 1 saturated carbocycles. The molecule has 2 N–H and O–H groups in total. The van der Waals surface area contributed by atoms with Gasteiger partial charge in [-0.2, -0.15) is 0 Å². The number of nitrogens with zero attached hydrogens (tertiary/aromatic N) is 1. The highest BCUT2D eigenvalue weighted by Gasteiger charge is 2.32. The maximum atomic E-state index is 10.7. The van der Waals surface area contributed by atoms with E-state index < -0.39 is 0 Å². The smallest absolute Gasteiger partial charge is 0.269 e. The SMILES string of the molecule is C[C@@H]1CCC[C@H]([NH+]2CC[NH+](Cc3ccc([N+](=O)[O-])cc3)CC2)C1. The molecule has 126 valence electrons. The first-order valence-corrected chi connectivity index (χ1v) is 9.03. The van der Waals surface area contributed by atoms with E-state index in [-0.39, 0.29) is 10.6 Å². The second kappa shape index (κ2) is 7.41. The molecule has 0 amide bonds. The summed E-state index contributed by atoms with van der Waals surface area (Å²) >= 11 is 0. The molecule has 0 radical (unpaired) electrons. The third-order valence-corrected chi connectivity index (χ3v) is 5.71. The molecule has 0 bridgehead atoms. The van der Waals surface area contributed by atoms with Crippen molar-refractivity contribution in [1.29, 1.82) is 0 Å². The zero-order valence-corrected chi connectivity index (χ0v) is 14.1. The Morgan fingerprint density at radius 2 is 1.83 bits per heavy atom. The van der Waals surface area contributed by atoms with Crippen LogP contribution in [0.2, 0.25) is 0 Å². The van der Waals surface area contributed by atoms with Gasteiger partial charge in [-0.15, -0.1) is 0 Å². The van der Waals surface area contributed by atoms with E-state index in [2.05, 4.69) is 6.92 Å². The number of nitro benzene ring substituents is 1. The third kappa shape index (κ3) is 4.30. The number of piperazine rings is 1. The summed E-state index contributed by atoms with van der Waals surface area (Å²) in [6.45, 7) is 8.39. The van der Waals surface area contributed by atoms with Gasteiger partial charge in [0.25, 0.3) is 5.69 Å². The highest BCUT2D eigenvalue weighted by atomic mass is 16.6. The highest BCUT2D eigenvalue weighted by Crippen LogP contribution is 2.21. The van der Waals surface area contributed by atoms with Crippen LogP contribution in [-0.4, -0.2) is 37.1 Å². The molecule has 1 aromatic carbocycles. The molecular weight excluding hydrogens is 290 g/mol. The van der Waals surface area contributed by atoms with Crippen molar-refractivity contribution in [3.8, 4) is 0 Å². The number of benzene rings is 1. The van der Waals surface area contributed by atoms with Gasteiger partial charge in [-0.3, -0.25) is 10.1 Å². The zero-order valence-electron chi connectivity index (χ0n) is 14.1. The van der Waals surface area contributed by atoms with Crippen LogP contribution in [0.25, 0.3) is 0 Å². The minimum absolute atomic E-state index is 0.185. The lowest BCUT2D eigenvalue weighted by Gasteiger charge is -2.37. The molecule has 23 heavy (non-hydrogen) atoms. The lowest BCUT2D eigenvalue weighted by Crippen LogP contribution is -3.29. The van der Waals surface area contributed by atoms with Crippen LogP contribution in [0.15, 0.2) is 24.3 Å². The van der Waals surface area contributed by atoms with E-state index >= 15 is 0 Å². The van der Waals surface area contributed by atoms with Gasteiger partial charge in [0.05, 0.1) is 11.0 Å². The predicted octanol–water partition coefficient (Wildman–Crippen LogP) is 0.457. The van der Waals surface area contributed by atoms with Crippen LogP contribution in [0, 0.1) is 16.0 Å². The number of hydrogen-bond acceptors (Lipinski definition) is 2. The molecule has 2 fully saturated rings. The molecule has 0 aromatic heterocycles. The topological polar surface area (TPSA) is 52.0 Å². The number of non-ortho nitro benzene ring substituents is 1. The number of quaternary nitrogens is 2. The van der Waals surface area contributed by atoms with Gasteiger partial charge in [-0.05, 0) is 30.9 Å². The van der Waals surface area contributed by atoms with Crippen LogP contribution in [-0.2, 0) is 6.54 Å². The molecule has 1 aromatic rings. The quantitative estimate of drug-likeness (QED) is 0.626. The number of hydrogen-bond donors (Lipinski definition) is 2. The molecule has 0 spiro atoms. The fraction of sp³-hybridized carbons (Fsp3) is 0.667. The monoisotopic (exact) mass is 319 g/mol. The van der Waals surface area contributed by atoms with E-state index in [0.29, 0.717) is 0 Å². The summed E-state index contributed by atoms with van der Waals surface area (Å²) < 4.78 is 0. The lowest BCUT2D eigenvalue weighted by atomic mass is 9.86. The van der Waals surface area contributed by atoms with E-state index in [1.54, 1.807) is 17.0 Å². The normalized spacial score (nSPS) is 31.7. The fourth-order valence-corrected chi connectivity index (χ4v) is 4.34. The Labute approximate surface area is 138 Å². The summed E-state index contributed by atoms with van der Waals surface area (Å²) in [5, 5.41) is 10.7. The van der Waals surface area contributed by atoms with E-state index in [0.717, 1.165) is 18.5 Å². The molecule has 5 nitrogen and oxygen atoms in total. The van der Waals surface area contributed by atoms with Crippen molar-refractivity contribution < 1.29 is 14.7 Å². The van der Waals surface area contributed by atoms with Crippen molar-refractivity contribution in [1.82, 2.24) is 0 Å². The number of nitrogens with one attached hydrogen (secondary N) is 2. The van der Waals surface area contributed by atoms with Gasteiger partial charge in [0.2, 0.25) is 0 Å². The Hall–Kier alpha value is -1.46. The highest BCUT2D eigenvalue weighted by molar-refractivity contribution is 5.32. The van der Waals surface area contributed by atoms with Gasteiger partial charge in [0.15, 0.2) is 0 Å². The second-order valence-electron chi connectivity index (χ2n) is 7.48. The molecule has 1 heterocycles. The molecule has 5 heteroatoms. The summed E-state index contributed by atoms with van der Waals surface area (Å²) in [6, 6.07) is 7.96. The molecule has 1 aliphatic carbocycles. The fourth-order valence-electron chi connectivity index (χ4n) is 4.34. The summed E-state index contributed by atoms with van der Waals surface area (Å²) in [7, 11) is 0. The summed E-state index contributed by atoms with van der Waals surface area (Å²) in [5.74, 6) is 0.909. The van der Waals surface area contributed by atoms with Crippen LogP contribution in [0.3, 0.4) is 0 Å². The Morgan fingerprint density at radius 3 is 2.43 bits per heavy atom. The summed E-state index contributed by atoms with van der Waals surface area (Å²) in [4.78, 5) is 13.8. The van der Waals surface area contributed by atoms with Gasteiger partial charge >= 0.3 is 0 Å². The van der Waals surface area contributed by atoms with Gasteiger partial charge in [0, 0.05) is 24.1 Å². The maximum Gasteiger partial charge on any atom is 0.269 e. The largest absolute Gasteiger partial charge is 0.323 e. The van der Waals surface area contributed by atoms with Gasteiger partial charge in [-0.1, -0.05) is 13.3 Å². The van der Waals surface area contributed by atoms with Crippen LogP contribution in [0.5, 0.6) is 0 Å². The van der Waals surface area contributed by atoms with E-state index in [1.165, 1.54) is 57.4 Å². The first-order chi connectivity index (χ1) is 11.1. The average Bonchev–Trinajstić information content (AvgIpc) is 2.56. The van der Waals surface area contributed by atoms with Gasteiger partial charge in [-0.25, -0.2) is 0 Å². The van der Waals surface area contributed by atoms with Crippen molar-refractivity contribution in [2.75, 3.05) is 26.2 Å². The second-order valence-corrected chi connectivity index (χ2v) is 7.48. The van der Waals surface area contributed by atoms with Crippen molar-refractivity contribution in [3.05, 3.63) is 39.9 Å². The Morgan fingerprint density at radius 1 is 1.13 bits per heavy atom. The molecule has 1 aliphatic heterocycles. The minimum atomic E-state index is -0.329. The first-order valence-electron chi connectivity index (χ1n) is 9.03. The Bertz CT molecular complexity index is 524. The molecular formula is C18H29N3O2+2. The van der Waals surface area contributed by atoms with E-state index in [4.69, 9.17) is 0 Å². The van der Waals surface area contributed by atoms with Crippen molar-refractivity contribution in [2.45, 2.75) is 45.2 Å². The molecule has 1 saturated heterocycles. The minimum Gasteiger partial charge on any atom is -0.323 e. The standard InChI is InChI=1S/C18H27N3O2/c1-15-3-2-4-18(13-15)20-11-9-19(10-12-20)14-16-5-7-17(8-6-16)21(22)23/h5-8,15,18H,2-4,9-14H2,1H3/p+2/t15-,18+/m1/s1. The summed E-state index contributed by atoms with van der Waals surface area (Å²) in [6.07, 6.45) is 5.65. The molecule has 0 unspecified atom stereocenters. The maximum absolute atomic E-state index is 10.7. The third-order valence-electron chi connectivity index (χ3n) is 5.71. The van der Waals surface area contributed by atoms with E-state index in [1.807, 2.05) is 17.0 Å². The lowest BCUT2D eigenvalue weighted by molar-refractivity contribution is -1.03. The number of rotatable bonds is 4. The average molecular weight is 319 g/mol. The Balaban J connectivity index is 1.48. The van der Waals surface area contributed by atoms with Gasteiger partial charge < -0.3 is 9.80 Å². The summed E-state index contributed by atoms with van der Waals surface area (Å²) in [5.41, 5.74) is 1.39.